The van der Waals surface area contributed by atoms with Crippen LogP contribution in [-0.4, -0.2) is 0 Å². The van der Waals surface area contributed by atoms with Gasteiger partial charge in [0.05, 0.1) is 0 Å². The topological polar surface area (TPSA) is 0 Å². The molecule has 15 rings (SSSR count). The largest absolute Gasteiger partial charge is 0.0912 e. The van der Waals surface area contributed by atoms with Crippen molar-refractivity contribution in [2.24, 2.45) is 17.3 Å². The molecule has 0 amide bonds. The third-order valence-corrected chi connectivity index (χ3v) is 11.5. The predicted octanol–water partition coefficient (Wildman–Crippen LogP) is 12.3. The molecule has 46 heavy (non-hydrogen) atoms. The molecule has 0 aliphatic heterocycles. The van der Waals surface area contributed by atoms with Crippen LogP contribution < -0.4 is 0 Å². The van der Waals surface area contributed by atoms with E-state index in [1.807, 2.05) is 13.8 Å². The normalized spacial score (nSPS) is 27.0. The van der Waals surface area contributed by atoms with Crippen molar-refractivity contribution in [3.63, 3.8) is 0 Å². The standard InChI is InChI=1S/C44H36.C2H6/c1-28-24-25-43(3)26-38-27-44(38,43)37-19-17-34(18-20-37)33-11-13-35(14-12-33)40-21-4-29(2)39-22-23-41(42(39)40)36-15-9-32(10-16-36)31-7-5-30(28)6-8-31;1-2/h4-25,29,38H,1,26-27H2,2-3H3;1-2H3/b25-24-;. The van der Waals surface area contributed by atoms with E-state index in [4.69, 9.17) is 0 Å². The molecule has 0 nitrogen and oxygen atoms in total. The monoisotopic (exact) mass is 594 g/mol. The molecule has 2 saturated carbocycles. The Hall–Kier alpha value is -4.68. The average molecular weight is 595 g/mol. The van der Waals surface area contributed by atoms with Crippen LogP contribution in [0.3, 0.4) is 0 Å². The Morgan fingerprint density at radius 3 is 1.70 bits per heavy atom. The van der Waals surface area contributed by atoms with Gasteiger partial charge in [-0.1, -0.05) is 168 Å². The highest BCUT2D eigenvalue weighted by Crippen LogP contribution is 2.78. The van der Waals surface area contributed by atoms with Gasteiger partial charge in [0.15, 0.2) is 0 Å². The van der Waals surface area contributed by atoms with Gasteiger partial charge in [-0.2, -0.15) is 0 Å². The van der Waals surface area contributed by atoms with Crippen LogP contribution >= 0.6 is 0 Å². The Kier molecular flexibility index (Phi) is 6.69. The first kappa shape index (κ1) is 28.8. The fraction of sp³-hybridized carbons (Fsp3) is 0.217. The zero-order chi connectivity index (χ0) is 31.6. The molecule has 8 bridgehead atoms. The average Bonchev–Trinajstić information content (AvgIpc) is 3.53. The summed E-state index contributed by atoms with van der Waals surface area (Å²) in [6.07, 6.45) is 16.6. The van der Waals surface area contributed by atoms with E-state index in [2.05, 4.69) is 154 Å². The van der Waals surface area contributed by atoms with Crippen molar-refractivity contribution < 1.29 is 0 Å². The summed E-state index contributed by atoms with van der Waals surface area (Å²) in [4.78, 5) is 0. The van der Waals surface area contributed by atoms with Crippen LogP contribution in [0.4, 0.5) is 0 Å². The van der Waals surface area contributed by atoms with Gasteiger partial charge in [-0.05, 0) is 102 Å². The van der Waals surface area contributed by atoms with Crippen LogP contribution in [0, 0.1) is 17.3 Å². The fourth-order valence-corrected chi connectivity index (χ4v) is 8.72. The van der Waals surface area contributed by atoms with Crippen molar-refractivity contribution in [1.82, 2.24) is 0 Å². The van der Waals surface area contributed by atoms with E-state index in [0.717, 1.165) is 11.5 Å². The molecule has 2 fully saturated rings. The number of benzene rings is 4. The van der Waals surface area contributed by atoms with Crippen LogP contribution in [0.5, 0.6) is 0 Å². The maximum Gasteiger partial charge on any atom is 0.00732 e. The second-order valence-corrected chi connectivity index (χ2v) is 13.8. The van der Waals surface area contributed by atoms with Crippen molar-refractivity contribution >= 4 is 16.7 Å². The minimum absolute atomic E-state index is 0.167. The van der Waals surface area contributed by atoms with Gasteiger partial charge < -0.3 is 0 Å². The molecule has 0 heterocycles. The van der Waals surface area contributed by atoms with Gasteiger partial charge in [-0.25, -0.2) is 0 Å². The van der Waals surface area contributed by atoms with Gasteiger partial charge in [-0.3, -0.25) is 0 Å². The van der Waals surface area contributed by atoms with Crippen molar-refractivity contribution in [1.29, 1.82) is 0 Å². The summed E-state index contributed by atoms with van der Waals surface area (Å²) >= 11 is 0. The molecular formula is C46H42. The third kappa shape index (κ3) is 4.27. The molecule has 0 N–H and O–H groups in total. The molecule has 4 aromatic carbocycles. The zero-order valence-electron chi connectivity index (χ0n) is 27.5. The fourth-order valence-electron chi connectivity index (χ4n) is 8.72. The molecule has 4 unspecified atom stereocenters. The van der Waals surface area contributed by atoms with E-state index >= 15 is 0 Å². The first-order valence-corrected chi connectivity index (χ1v) is 17.1. The highest BCUT2D eigenvalue weighted by Gasteiger charge is 2.73. The van der Waals surface area contributed by atoms with Gasteiger partial charge in [0.1, 0.15) is 0 Å². The summed E-state index contributed by atoms with van der Waals surface area (Å²) in [5.74, 6) is 1.20. The van der Waals surface area contributed by atoms with Gasteiger partial charge >= 0.3 is 0 Å². The summed E-state index contributed by atoms with van der Waals surface area (Å²) < 4.78 is 0. The molecular weight excluding hydrogens is 553 g/mol. The maximum atomic E-state index is 4.46. The second-order valence-electron chi connectivity index (χ2n) is 13.8. The van der Waals surface area contributed by atoms with E-state index in [1.54, 1.807) is 0 Å². The Morgan fingerprint density at radius 2 is 1.13 bits per heavy atom. The Balaban J connectivity index is 0.00000153. The SMILES string of the molecule is C=C1/C=C\C2(C)CC3CC32c2ccc(cc2)-c2ccc(cc2)C2=C3C(=CC=C3C(C)C=C2)c2ccc(cc2)-c2ccc1cc2.CC. The predicted molar refractivity (Wildman–Crippen MR) is 197 cm³/mol. The first-order valence-electron chi connectivity index (χ1n) is 17.1. The lowest BCUT2D eigenvalue weighted by Gasteiger charge is -2.46. The van der Waals surface area contributed by atoms with Crippen LogP contribution in [0.15, 0.2) is 151 Å². The Bertz CT molecular complexity index is 2000. The van der Waals surface area contributed by atoms with E-state index < -0.39 is 0 Å². The number of allylic oxidation sites excluding steroid dienone is 11. The molecule has 0 radical (unpaired) electrons. The van der Waals surface area contributed by atoms with E-state index in [9.17, 15) is 0 Å². The van der Waals surface area contributed by atoms with Crippen molar-refractivity contribution in [2.45, 2.75) is 46.0 Å². The summed E-state index contributed by atoms with van der Waals surface area (Å²) in [6.45, 7) is 13.2. The first-order chi connectivity index (χ1) is 22.4. The lowest BCUT2D eigenvalue weighted by molar-refractivity contribution is 0.163. The molecule has 1 spiro atoms. The molecule has 11 aliphatic rings. The van der Waals surface area contributed by atoms with Gasteiger partial charge in [0.2, 0.25) is 0 Å². The third-order valence-electron chi connectivity index (χ3n) is 11.5. The van der Waals surface area contributed by atoms with Crippen molar-refractivity contribution in [2.75, 3.05) is 0 Å². The molecule has 4 aromatic rings. The zero-order valence-corrected chi connectivity index (χ0v) is 27.5. The minimum atomic E-state index is 0.167. The second kappa shape index (κ2) is 10.7. The quantitative estimate of drug-likeness (QED) is 0.190. The van der Waals surface area contributed by atoms with Gasteiger partial charge in [0.25, 0.3) is 0 Å². The highest BCUT2D eigenvalue weighted by atomic mass is 14.8. The Morgan fingerprint density at radius 1 is 0.609 bits per heavy atom. The number of hydrogen-bond acceptors (Lipinski definition) is 0. The molecule has 0 heteroatoms. The molecule has 4 atom stereocenters. The lowest BCUT2D eigenvalue weighted by atomic mass is 9.57. The molecule has 0 aromatic heterocycles. The summed E-state index contributed by atoms with van der Waals surface area (Å²) in [5.41, 5.74) is 17.1. The van der Waals surface area contributed by atoms with Crippen LogP contribution in [0.1, 0.15) is 62.8 Å². The summed E-state index contributed by atoms with van der Waals surface area (Å²) in [5, 5.41) is 0. The maximum absolute atomic E-state index is 4.46. The number of hydrogen-bond donors (Lipinski definition) is 0. The molecule has 0 saturated heterocycles. The van der Waals surface area contributed by atoms with Crippen LogP contribution in [0.2, 0.25) is 0 Å². The Labute approximate surface area is 274 Å². The van der Waals surface area contributed by atoms with Gasteiger partial charge in [-0.15, -0.1) is 0 Å². The number of rotatable bonds is 0. The minimum Gasteiger partial charge on any atom is -0.0912 e. The van der Waals surface area contributed by atoms with Gasteiger partial charge in [0, 0.05) is 5.41 Å². The van der Waals surface area contributed by atoms with Crippen molar-refractivity contribution in [3.8, 4) is 22.3 Å². The summed E-state index contributed by atoms with van der Waals surface area (Å²) in [7, 11) is 0. The smallest absolute Gasteiger partial charge is 0.00732 e. The van der Waals surface area contributed by atoms with E-state index in [0.29, 0.717) is 5.92 Å². The summed E-state index contributed by atoms with van der Waals surface area (Å²) in [6, 6.07) is 36.7. The van der Waals surface area contributed by atoms with Crippen LogP contribution in [0.25, 0.3) is 39.0 Å². The van der Waals surface area contributed by atoms with Crippen LogP contribution in [-0.2, 0) is 5.41 Å². The highest BCUT2D eigenvalue weighted by molar-refractivity contribution is 6.01. The van der Waals surface area contributed by atoms with E-state index in [-0.39, 0.29) is 10.8 Å². The lowest BCUT2D eigenvalue weighted by Crippen LogP contribution is -2.41. The van der Waals surface area contributed by atoms with Crippen molar-refractivity contribution in [3.05, 3.63) is 173 Å². The molecule has 11 aliphatic carbocycles. The molecule has 226 valence electrons. The van der Waals surface area contributed by atoms with E-state index in [1.165, 1.54) is 79.6 Å².